The molecule has 0 unspecified atom stereocenters. The highest BCUT2D eigenvalue weighted by atomic mass is 35.5. The van der Waals surface area contributed by atoms with E-state index in [0.29, 0.717) is 0 Å². The number of halogens is 2. The van der Waals surface area contributed by atoms with Crippen LogP contribution in [-0.4, -0.2) is 56.1 Å². The molecular weight excluding hydrogens is 281 g/mol. The first-order valence-electron chi connectivity index (χ1n) is 6.71. The molecule has 5 heteroatoms. The molecular formula is C14H21Cl2N3. The molecule has 1 saturated heterocycles. The minimum absolute atomic E-state index is 0.736. The molecule has 1 heterocycles. The van der Waals surface area contributed by atoms with Crippen molar-refractivity contribution in [3.8, 4) is 0 Å². The summed E-state index contributed by atoms with van der Waals surface area (Å²) in [6.45, 7) is 7.50. The second-order valence-electron chi connectivity index (χ2n) is 5.06. The van der Waals surface area contributed by atoms with E-state index in [1.54, 1.807) is 0 Å². The highest BCUT2D eigenvalue weighted by molar-refractivity contribution is 6.33. The number of hydrogen-bond donors (Lipinski definition) is 1. The van der Waals surface area contributed by atoms with Crippen LogP contribution >= 0.6 is 23.2 Å². The van der Waals surface area contributed by atoms with E-state index in [9.17, 15) is 0 Å². The molecule has 1 N–H and O–H groups in total. The van der Waals surface area contributed by atoms with Gasteiger partial charge in [0.2, 0.25) is 0 Å². The average molecular weight is 302 g/mol. The van der Waals surface area contributed by atoms with Crippen molar-refractivity contribution in [1.82, 2.24) is 15.1 Å². The van der Waals surface area contributed by atoms with Crippen LogP contribution in [0.1, 0.15) is 5.56 Å². The van der Waals surface area contributed by atoms with Gasteiger partial charge in [-0.1, -0.05) is 23.2 Å². The maximum Gasteiger partial charge on any atom is 0.0451 e. The zero-order chi connectivity index (χ0) is 13.7. The van der Waals surface area contributed by atoms with Gasteiger partial charge in [0.15, 0.2) is 0 Å². The van der Waals surface area contributed by atoms with Gasteiger partial charge in [-0.05, 0) is 30.8 Å². The summed E-state index contributed by atoms with van der Waals surface area (Å²) in [6.07, 6.45) is 0. The van der Waals surface area contributed by atoms with Crippen molar-refractivity contribution in [3.05, 3.63) is 33.8 Å². The highest BCUT2D eigenvalue weighted by Gasteiger charge is 2.12. The number of nitrogens with zero attached hydrogens (tertiary/aromatic N) is 2. The fourth-order valence-electron chi connectivity index (χ4n) is 2.21. The minimum atomic E-state index is 0.736. The molecule has 1 aromatic rings. The van der Waals surface area contributed by atoms with E-state index in [4.69, 9.17) is 23.2 Å². The Labute approximate surface area is 125 Å². The summed E-state index contributed by atoms with van der Waals surface area (Å²) in [5.74, 6) is 0. The van der Waals surface area contributed by atoms with Crippen molar-refractivity contribution >= 4 is 23.2 Å². The first kappa shape index (κ1) is 15.1. The maximum absolute atomic E-state index is 6.13. The Morgan fingerprint density at radius 1 is 1.16 bits per heavy atom. The molecule has 0 atom stereocenters. The van der Waals surface area contributed by atoms with E-state index in [1.165, 1.54) is 13.1 Å². The number of nitrogens with one attached hydrogen (secondary N) is 1. The summed E-state index contributed by atoms with van der Waals surface area (Å²) < 4.78 is 0. The molecule has 1 aliphatic rings. The Morgan fingerprint density at radius 2 is 1.89 bits per heavy atom. The third-order valence-electron chi connectivity index (χ3n) is 3.52. The van der Waals surface area contributed by atoms with Crippen LogP contribution in [0.3, 0.4) is 0 Å². The smallest absolute Gasteiger partial charge is 0.0451 e. The number of likely N-dealkylation sites (N-methyl/N-ethyl adjacent to an activating group) is 1. The fraction of sp³-hybridized carbons (Fsp3) is 0.571. The zero-order valence-corrected chi connectivity index (χ0v) is 12.8. The van der Waals surface area contributed by atoms with Gasteiger partial charge in [0.25, 0.3) is 0 Å². The molecule has 0 spiro atoms. The SMILES string of the molecule is CN1CCN(CCNCc2cc(Cl)ccc2Cl)CC1. The second kappa shape index (κ2) is 7.46. The third kappa shape index (κ3) is 4.93. The Kier molecular flexibility index (Phi) is 5.92. The van der Waals surface area contributed by atoms with Gasteiger partial charge in [-0.15, -0.1) is 0 Å². The van der Waals surface area contributed by atoms with Crippen molar-refractivity contribution in [2.75, 3.05) is 46.3 Å². The van der Waals surface area contributed by atoms with Crippen molar-refractivity contribution < 1.29 is 0 Å². The predicted molar refractivity (Wildman–Crippen MR) is 82.1 cm³/mol. The third-order valence-corrected chi connectivity index (χ3v) is 4.13. The number of benzene rings is 1. The number of piperazine rings is 1. The highest BCUT2D eigenvalue weighted by Crippen LogP contribution is 2.20. The molecule has 0 bridgehead atoms. The normalized spacial score (nSPS) is 17.8. The molecule has 1 aliphatic heterocycles. The van der Waals surface area contributed by atoms with Crippen molar-refractivity contribution in [2.24, 2.45) is 0 Å². The summed E-state index contributed by atoms with van der Waals surface area (Å²) in [4.78, 5) is 4.86. The van der Waals surface area contributed by atoms with Gasteiger partial charge in [0, 0.05) is 55.9 Å². The van der Waals surface area contributed by atoms with Gasteiger partial charge in [-0.3, -0.25) is 4.90 Å². The topological polar surface area (TPSA) is 18.5 Å². The van der Waals surface area contributed by atoms with Crippen LogP contribution in [0.5, 0.6) is 0 Å². The monoisotopic (exact) mass is 301 g/mol. The quantitative estimate of drug-likeness (QED) is 0.842. The molecule has 0 aliphatic carbocycles. The lowest BCUT2D eigenvalue weighted by Gasteiger charge is -2.32. The van der Waals surface area contributed by atoms with Crippen LogP contribution in [0.15, 0.2) is 18.2 Å². The van der Waals surface area contributed by atoms with Gasteiger partial charge < -0.3 is 10.2 Å². The van der Waals surface area contributed by atoms with Crippen LogP contribution < -0.4 is 5.32 Å². The summed E-state index contributed by atoms with van der Waals surface area (Å²) in [5.41, 5.74) is 1.06. The van der Waals surface area contributed by atoms with Gasteiger partial charge in [0.05, 0.1) is 0 Å². The lowest BCUT2D eigenvalue weighted by molar-refractivity contribution is 0.154. The van der Waals surface area contributed by atoms with E-state index in [-0.39, 0.29) is 0 Å². The molecule has 0 saturated carbocycles. The number of hydrogen-bond acceptors (Lipinski definition) is 3. The Bertz CT molecular complexity index is 404. The van der Waals surface area contributed by atoms with Crippen molar-refractivity contribution in [1.29, 1.82) is 0 Å². The minimum Gasteiger partial charge on any atom is -0.311 e. The van der Waals surface area contributed by atoms with Gasteiger partial charge in [-0.25, -0.2) is 0 Å². The predicted octanol–water partition coefficient (Wildman–Crippen LogP) is 2.33. The molecule has 1 fully saturated rings. The average Bonchev–Trinajstić information content (AvgIpc) is 2.40. The largest absolute Gasteiger partial charge is 0.311 e. The van der Waals surface area contributed by atoms with Crippen molar-refractivity contribution in [3.63, 3.8) is 0 Å². The molecule has 0 amide bonds. The molecule has 2 rings (SSSR count). The Hall–Kier alpha value is -0.320. The molecule has 19 heavy (non-hydrogen) atoms. The van der Waals surface area contributed by atoms with Gasteiger partial charge >= 0.3 is 0 Å². The Morgan fingerprint density at radius 3 is 2.63 bits per heavy atom. The summed E-state index contributed by atoms with van der Waals surface area (Å²) >= 11 is 12.1. The zero-order valence-electron chi connectivity index (χ0n) is 11.3. The van der Waals surface area contributed by atoms with Crippen LogP contribution in [0.2, 0.25) is 10.0 Å². The van der Waals surface area contributed by atoms with Gasteiger partial charge in [-0.2, -0.15) is 0 Å². The first-order chi connectivity index (χ1) is 9.15. The molecule has 1 aromatic carbocycles. The molecule has 0 aromatic heterocycles. The fourth-order valence-corrected chi connectivity index (χ4v) is 2.59. The molecule has 106 valence electrons. The standard InChI is InChI=1S/C14H21Cl2N3/c1-18-6-8-19(9-7-18)5-4-17-11-12-10-13(15)2-3-14(12)16/h2-3,10,17H,4-9,11H2,1H3. The lowest BCUT2D eigenvalue weighted by atomic mass is 10.2. The number of rotatable bonds is 5. The van der Waals surface area contributed by atoms with Crippen LogP contribution in [0, 0.1) is 0 Å². The molecule has 3 nitrogen and oxygen atoms in total. The lowest BCUT2D eigenvalue weighted by Crippen LogP contribution is -2.46. The van der Waals surface area contributed by atoms with Crippen LogP contribution in [0.4, 0.5) is 0 Å². The summed E-state index contributed by atoms with van der Waals surface area (Å²) in [6, 6.07) is 5.59. The van der Waals surface area contributed by atoms with E-state index < -0.39 is 0 Å². The van der Waals surface area contributed by atoms with E-state index >= 15 is 0 Å². The second-order valence-corrected chi connectivity index (χ2v) is 5.90. The Balaban J connectivity index is 1.68. The van der Waals surface area contributed by atoms with E-state index in [2.05, 4.69) is 22.2 Å². The first-order valence-corrected chi connectivity index (χ1v) is 7.46. The van der Waals surface area contributed by atoms with Gasteiger partial charge in [0.1, 0.15) is 0 Å². The summed E-state index contributed by atoms with van der Waals surface area (Å²) in [7, 11) is 2.18. The summed E-state index contributed by atoms with van der Waals surface area (Å²) in [5, 5.41) is 4.94. The van der Waals surface area contributed by atoms with E-state index in [0.717, 1.165) is 48.3 Å². The molecule has 0 radical (unpaired) electrons. The maximum atomic E-state index is 6.13. The van der Waals surface area contributed by atoms with Crippen LogP contribution in [0.25, 0.3) is 0 Å². The van der Waals surface area contributed by atoms with E-state index in [1.807, 2.05) is 18.2 Å². The van der Waals surface area contributed by atoms with Crippen molar-refractivity contribution in [2.45, 2.75) is 6.54 Å². The van der Waals surface area contributed by atoms with Crippen LogP contribution in [-0.2, 0) is 6.54 Å².